The van der Waals surface area contributed by atoms with Gasteiger partial charge in [0, 0.05) is 26.1 Å². The van der Waals surface area contributed by atoms with Crippen LogP contribution in [0.2, 0.25) is 0 Å². The first-order valence-electron chi connectivity index (χ1n) is 6.44. The molecule has 1 aromatic heterocycles. The van der Waals surface area contributed by atoms with Gasteiger partial charge in [0.2, 0.25) is 5.91 Å². The summed E-state index contributed by atoms with van der Waals surface area (Å²) in [5.74, 6) is 0.0341. The Morgan fingerprint density at radius 2 is 2.37 bits per heavy atom. The first kappa shape index (κ1) is 13.6. The van der Waals surface area contributed by atoms with Crippen LogP contribution in [0.4, 0.5) is 0 Å². The topological polar surface area (TPSA) is 82.8 Å². The fourth-order valence-corrected chi connectivity index (χ4v) is 2.06. The van der Waals surface area contributed by atoms with Crippen molar-refractivity contribution >= 4 is 11.8 Å². The third kappa shape index (κ3) is 3.82. The van der Waals surface area contributed by atoms with E-state index >= 15 is 0 Å². The molecule has 1 atom stereocenters. The Balaban J connectivity index is 1.62. The monoisotopic (exact) mass is 266 g/mol. The van der Waals surface area contributed by atoms with Gasteiger partial charge in [0.25, 0.3) is 5.91 Å². The maximum absolute atomic E-state index is 11.7. The SMILES string of the molecule is O=C(NCCCC(=O)N1CC[C@@H](O)C1)c1ccco1. The predicted octanol–water partition coefficient (Wildman–Crippen LogP) is 0.383. The molecule has 2 heterocycles. The molecule has 0 saturated carbocycles. The first-order valence-corrected chi connectivity index (χ1v) is 6.44. The quantitative estimate of drug-likeness (QED) is 0.755. The number of amides is 2. The van der Waals surface area contributed by atoms with Crippen molar-refractivity contribution in [1.82, 2.24) is 10.2 Å². The Morgan fingerprint density at radius 1 is 1.53 bits per heavy atom. The van der Waals surface area contributed by atoms with Gasteiger partial charge < -0.3 is 19.7 Å². The molecule has 2 N–H and O–H groups in total. The van der Waals surface area contributed by atoms with Crippen LogP contribution in [0.15, 0.2) is 22.8 Å². The van der Waals surface area contributed by atoms with Crippen molar-refractivity contribution < 1.29 is 19.1 Å². The minimum absolute atomic E-state index is 0.0313. The zero-order valence-corrected chi connectivity index (χ0v) is 10.7. The highest BCUT2D eigenvalue weighted by Gasteiger charge is 2.23. The van der Waals surface area contributed by atoms with E-state index in [4.69, 9.17) is 4.42 Å². The Labute approximate surface area is 111 Å². The van der Waals surface area contributed by atoms with Gasteiger partial charge in [-0.1, -0.05) is 0 Å². The number of β-amino-alcohol motifs (C(OH)–C–C–N with tert-alkyl or cyclic N) is 1. The van der Waals surface area contributed by atoms with E-state index < -0.39 is 0 Å². The van der Waals surface area contributed by atoms with Crippen molar-refractivity contribution in [2.45, 2.75) is 25.4 Å². The molecule has 0 aromatic carbocycles. The van der Waals surface area contributed by atoms with Gasteiger partial charge in [0.1, 0.15) is 0 Å². The Kier molecular flexibility index (Phi) is 4.57. The number of hydrogen-bond donors (Lipinski definition) is 2. The molecular formula is C13H18N2O4. The van der Waals surface area contributed by atoms with E-state index in [0.717, 1.165) is 0 Å². The van der Waals surface area contributed by atoms with E-state index in [9.17, 15) is 14.7 Å². The van der Waals surface area contributed by atoms with Gasteiger partial charge in [0.05, 0.1) is 12.4 Å². The number of furan rings is 1. The first-order chi connectivity index (χ1) is 9.16. The van der Waals surface area contributed by atoms with Gasteiger partial charge in [-0.15, -0.1) is 0 Å². The van der Waals surface area contributed by atoms with E-state index in [1.807, 2.05) is 0 Å². The molecule has 2 rings (SSSR count). The molecule has 0 bridgehead atoms. The van der Waals surface area contributed by atoms with Crippen LogP contribution >= 0.6 is 0 Å². The van der Waals surface area contributed by atoms with Crippen LogP contribution in [-0.2, 0) is 4.79 Å². The lowest BCUT2D eigenvalue weighted by molar-refractivity contribution is -0.130. The van der Waals surface area contributed by atoms with Gasteiger partial charge in [-0.3, -0.25) is 9.59 Å². The predicted molar refractivity (Wildman–Crippen MR) is 67.5 cm³/mol. The highest BCUT2D eigenvalue weighted by atomic mass is 16.3. The third-order valence-electron chi connectivity index (χ3n) is 3.11. The van der Waals surface area contributed by atoms with E-state index in [1.54, 1.807) is 17.0 Å². The van der Waals surface area contributed by atoms with Crippen LogP contribution in [0.5, 0.6) is 0 Å². The van der Waals surface area contributed by atoms with Gasteiger partial charge in [-0.2, -0.15) is 0 Å². The van der Waals surface area contributed by atoms with E-state index in [1.165, 1.54) is 6.26 Å². The van der Waals surface area contributed by atoms with Crippen LogP contribution in [-0.4, -0.2) is 47.6 Å². The van der Waals surface area contributed by atoms with E-state index in [0.29, 0.717) is 38.9 Å². The normalized spacial score (nSPS) is 18.6. The fraction of sp³-hybridized carbons (Fsp3) is 0.538. The summed E-state index contributed by atoms with van der Waals surface area (Å²) < 4.78 is 4.95. The summed E-state index contributed by atoms with van der Waals surface area (Å²) in [6.45, 7) is 1.48. The molecule has 2 amide bonds. The number of hydrogen-bond acceptors (Lipinski definition) is 4. The van der Waals surface area contributed by atoms with Crippen molar-refractivity contribution in [2.24, 2.45) is 0 Å². The molecule has 0 radical (unpaired) electrons. The van der Waals surface area contributed by atoms with Crippen LogP contribution in [0.1, 0.15) is 29.8 Å². The summed E-state index contributed by atoms with van der Waals surface area (Å²) in [6.07, 6.45) is 2.67. The molecule has 1 aliphatic heterocycles. The lowest BCUT2D eigenvalue weighted by Crippen LogP contribution is -2.30. The van der Waals surface area contributed by atoms with Crippen LogP contribution in [0.3, 0.4) is 0 Å². The zero-order chi connectivity index (χ0) is 13.7. The van der Waals surface area contributed by atoms with Crippen LogP contribution in [0.25, 0.3) is 0 Å². The maximum Gasteiger partial charge on any atom is 0.286 e. The molecule has 1 saturated heterocycles. The van der Waals surface area contributed by atoms with Crippen LogP contribution < -0.4 is 5.32 Å². The number of carbonyl (C=O) groups excluding carboxylic acids is 2. The van der Waals surface area contributed by atoms with Gasteiger partial charge >= 0.3 is 0 Å². The molecule has 1 aromatic rings. The lowest BCUT2D eigenvalue weighted by atomic mass is 10.2. The summed E-state index contributed by atoms with van der Waals surface area (Å²) in [4.78, 5) is 24.9. The number of aliphatic hydroxyl groups excluding tert-OH is 1. The standard InChI is InChI=1S/C13H18N2O4/c16-10-5-7-15(9-10)12(17)4-1-6-14-13(18)11-3-2-8-19-11/h2-3,8,10,16H,1,4-7,9H2,(H,14,18)/t10-/m1/s1. The Hall–Kier alpha value is -1.82. The number of rotatable bonds is 5. The molecule has 1 aliphatic rings. The van der Waals surface area contributed by atoms with Crippen molar-refractivity contribution in [3.05, 3.63) is 24.2 Å². The highest BCUT2D eigenvalue weighted by molar-refractivity contribution is 5.91. The highest BCUT2D eigenvalue weighted by Crippen LogP contribution is 2.10. The number of likely N-dealkylation sites (tertiary alicyclic amines) is 1. The molecular weight excluding hydrogens is 248 g/mol. The molecule has 0 aliphatic carbocycles. The average molecular weight is 266 g/mol. The second-order valence-electron chi connectivity index (χ2n) is 4.62. The number of carbonyl (C=O) groups is 2. The lowest BCUT2D eigenvalue weighted by Gasteiger charge is -2.15. The second-order valence-corrected chi connectivity index (χ2v) is 4.62. The summed E-state index contributed by atoms with van der Waals surface area (Å²) in [5, 5.41) is 12.0. The fourth-order valence-electron chi connectivity index (χ4n) is 2.06. The van der Waals surface area contributed by atoms with Crippen molar-refractivity contribution in [1.29, 1.82) is 0 Å². The van der Waals surface area contributed by atoms with E-state index in [-0.39, 0.29) is 23.7 Å². The molecule has 0 spiro atoms. The minimum atomic E-state index is -0.386. The maximum atomic E-state index is 11.7. The molecule has 6 nitrogen and oxygen atoms in total. The summed E-state index contributed by atoms with van der Waals surface area (Å²) >= 11 is 0. The summed E-state index contributed by atoms with van der Waals surface area (Å²) in [5.41, 5.74) is 0. The van der Waals surface area contributed by atoms with Crippen molar-refractivity contribution in [3.63, 3.8) is 0 Å². The van der Waals surface area contributed by atoms with Crippen molar-refractivity contribution in [3.8, 4) is 0 Å². The van der Waals surface area contributed by atoms with Gasteiger partial charge in [-0.25, -0.2) is 0 Å². The Bertz CT molecular complexity index is 430. The third-order valence-corrected chi connectivity index (χ3v) is 3.11. The van der Waals surface area contributed by atoms with Gasteiger partial charge in [-0.05, 0) is 25.0 Å². The molecule has 104 valence electrons. The number of nitrogens with zero attached hydrogens (tertiary/aromatic N) is 1. The zero-order valence-electron chi connectivity index (χ0n) is 10.7. The molecule has 6 heteroatoms. The summed E-state index contributed by atoms with van der Waals surface area (Å²) in [7, 11) is 0. The number of aliphatic hydroxyl groups is 1. The smallest absolute Gasteiger partial charge is 0.286 e. The Morgan fingerprint density at radius 3 is 3.00 bits per heavy atom. The largest absolute Gasteiger partial charge is 0.459 e. The van der Waals surface area contributed by atoms with Gasteiger partial charge in [0.15, 0.2) is 5.76 Å². The van der Waals surface area contributed by atoms with E-state index in [2.05, 4.69) is 5.32 Å². The van der Waals surface area contributed by atoms with Crippen molar-refractivity contribution in [2.75, 3.05) is 19.6 Å². The second kappa shape index (κ2) is 6.38. The minimum Gasteiger partial charge on any atom is -0.459 e. The number of nitrogens with one attached hydrogen (secondary N) is 1. The molecule has 1 fully saturated rings. The van der Waals surface area contributed by atoms with Crippen LogP contribution in [0, 0.1) is 0 Å². The molecule has 0 unspecified atom stereocenters. The molecule has 19 heavy (non-hydrogen) atoms. The summed E-state index contributed by atoms with van der Waals surface area (Å²) in [6, 6.07) is 3.24. The average Bonchev–Trinajstić information content (AvgIpc) is 3.04.